The third-order valence-corrected chi connectivity index (χ3v) is 11.1. The fourth-order valence-corrected chi connectivity index (χ4v) is 7.81. The van der Waals surface area contributed by atoms with E-state index in [4.69, 9.17) is 0 Å². The third kappa shape index (κ3) is 42.3. The number of rotatable bonds is 40. The van der Waals surface area contributed by atoms with Crippen molar-refractivity contribution in [2.75, 3.05) is 11.5 Å². The lowest BCUT2D eigenvalue weighted by Crippen LogP contribution is -1.88. The average Bonchev–Trinajstić information content (AvgIpc) is 3.02. The van der Waals surface area contributed by atoms with Gasteiger partial charge in [-0.25, -0.2) is 0 Å². The third-order valence-electron chi connectivity index (χ3n) is 9.96. The Bertz CT molecular complexity index is 472. The molecule has 0 bridgehead atoms. The lowest BCUT2D eigenvalue weighted by Gasteiger charge is -2.05. The van der Waals surface area contributed by atoms with Gasteiger partial charge in [-0.15, -0.1) is 0 Å². The van der Waals surface area contributed by atoms with E-state index in [1.165, 1.54) is 249 Å². The molecule has 0 radical (unpaired) electrons. The normalized spacial score (nSPS) is 11.7. The fourth-order valence-electron chi connectivity index (χ4n) is 6.79. The first-order chi connectivity index (χ1) is 21.8. The molecule has 44 heavy (non-hydrogen) atoms. The molecule has 0 aromatic carbocycles. The zero-order valence-corrected chi connectivity index (χ0v) is 32.4. The Morgan fingerprint density at radius 3 is 0.705 bits per heavy atom. The summed E-state index contributed by atoms with van der Waals surface area (Å²) in [4.78, 5) is 0. The van der Waals surface area contributed by atoms with E-state index in [1.807, 2.05) is 0 Å². The highest BCUT2D eigenvalue weighted by atomic mass is 32.2. The van der Waals surface area contributed by atoms with Gasteiger partial charge in [-0.1, -0.05) is 245 Å². The van der Waals surface area contributed by atoms with Crippen LogP contribution < -0.4 is 0 Å². The van der Waals surface area contributed by atoms with E-state index >= 15 is 0 Å². The van der Waals surface area contributed by atoms with E-state index in [9.17, 15) is 0 Å². The van der Waals surface area contributed by atoms with Gasteiger partial charge in [0.1, 0.15) is 0 Å². The van der Waals surface area contributed by atoms with Crippen LogP contribution in [0.1, 0.15) is 258 Å². The van der Waals surface area contributed by atoms with Crippen LogP contribution >= 0.6 is 11.8 Å². The van der Waals surface area contributed by atoms with E-state index in [2.05, 4.69) is 32.5 Å². The van der Waals surface area contributed by atoms with Gasteiger partial charge in [-0.3, -0.25) is 0 Å². The Morgan fingerprint density at radius 2 is 0.477 bits per heavy atom. The molecule has 1 heteroatoms. The minimum atomic E-state index is 0.894. The van der Waals surface area contributed by atoms with Crippen molar-refractivity contribution in [1.29, 1.82) is 0 Å². The number of hydrogen-bond donors (Lipinski definition) is 0. The molecule has 0 amide bonds. The second-order valence-electron chi connectivity index (χ2n) is 15.2. The van der Waals surface area contributed by atoms with Crippen molar-refractivity contribution in [1.82, 2.24) is 0 Å². The van der Waals surface area contributed by atoms with E-state index in [0.29, 0.717) is 0 Å². The maximum absolute atomic E-state index is 2.35. The molecule has 0 heterocycles. The summed E-state index contributed by atoms with van der Waals surface area (Å²) in [6.07, 6.45) is 54.7. The molecular weight excluding hydrogens is 549 g/mol. The van der Waals surface area contributed by atoms with Gasteiger partial charge in [-0.2, -0.15) is 11.8 Å². The molecule has 0 aliphatic heterocycles. The zero-order chi connectivity index (χ0) is 31.9. The first-order valence-electron chi connectivity index (χ1n) is 21.3. The standard InChI is InChI=1S/C43H88S/c1-4-5-6-7-8-9-10-11-12-13-14-15-16-17-18-19-20-21-22-23-24-26-29-32-35-38-41-44-42-39-36-33-30-27-25-28-31-34-37-40-43(2)3/h43H,4-42H2,1-3H3. The Balaban J connectivity index is 3.03. The number of hydrogen-bond acceptors (Lipinski definition) is 1. The maximum Gasteiger partial charge on any atom is -0.00675 e. The van der Waals surface area contributed by atoms with Crippen molar-refractivity contribution >= 4 is 11.8 Å². The largest absolute Gasteiger partial charge is 0.162 e. The van der Waals surface area contributed by atoms with Gasteiger partial charge in [0.15, 0.2) is 0 Å². The summed E-state index contributed by atoms with van der Waals surface area (Å²) in [6.45, 7) is 7.01. The molecular formula is C43H88S. The number of unbranched alkanes of at least 4 members (excludes halogenated alkanes) is 34. The van der Waals surface area contributed by atoms with Gasteiger partial charge in [0.2, 0.25) is 0 Å². The summed E-state index contributed by atoms with van der Waals surface area (Å²) < 4.78 is 0. The van der Waals surface area contributed by atoms with Gasteiger partial charge < -0.3 is 0 Å². The van der Waals surface area contributed by atoms with Gasteiger partial charge in [0.05, 0.1) is 0 Å². The minimum absolute atomic E-state index is 0.894. The highest BCUT2D eigenvalue weighted by Gasteiger charge is 1.98. The van der Waals surface area contributed by atoms with Crippen molar-refractivity contribution in [2.24, 2.45) is 5.92 Å². The molecule has 0 aliphatic rings. The molecule has 0 aromatic heterocycles. The smallest absolute Gasteiger partial charge is 0.00675 e. The summed E-state index contributed by atoms with van der Waals surface area (Å²) in [6, 6.07) is 0. The molecule has 0 aromatic rings. The van der Waals surface area contributed by atoms with Crippen molar-refractivity contribution < 1.29 is 0 Å². The Labute approximate surface area is 286 Å². The van der Waals surface area contributed by atoms with Gasteiger partial charge in [0.25, 0.3) is 0 Å². The van der Waals surface area contributed by atoms with Crippen LogP contribution in [0.4, 0.5) is 0 Å². The van der Waals surface area contributed by atoms with Crippen LogP contribution in [0.25, 0.3) is 0 Å². The number of thioether (sulfide) groups is 1. The van der Waals surface area contributed by atoms with Crippen LogP contribution in [0, 0.1) is 5.92 Å². The van der Waals surface area contributed by atoms with Gasteiger partial charge in [0, 0.05) is 0 Å². The van der Waals surface area contributed by atoms with E-state index < -0.39 is 0 Å². The SMILES string of the molecule is CCCCCCCCCCCCCCCCCCCCCCCCCCCCSCCCCCCCCCCCCC(C)C. The molecule has 0 unspecified atom stereocenters. The molecule has 0 saturated heterocycles. The molecule has 0 nitrogen and oxygen atoms in total. The monoisotopic (exact) mass is 637 g/mol. The molecule has 0 aliphatic carbocycles. The zero-order valence-electron chi connectivity index (χ0n) is 31.6. The van der Waals surface area contributed by atoms with Crippen LogP contribution in [0.3, 0.4) is 0 Å². The van der Waals surface area contributed by atoms with E-state index in [1.54, 1.807) is 0 Å². The van der Waals surface area contributed by atoms with Crippen molar-refractivity contribution in [3.05, 3.63) is 0 Å². The van der Waals surface area contributed by atoms with Crippen LogP contribution in [0.15, 0.2) is 0 Å². The van der Waals surface area contributed by atoms with Crippen molar-refractivity contribution in [3.8, 4) is 0 Å². The molecule has 0 N–H and O–H groups in total. The summed E-state index contributed by atoms with van der Waals surface area (Å²) in [5.41, 5.74) is 0. The second-order valence-corrected chi connectivity index (χ2v) is 16.4. The molecule has 0 spiro atoms. The summed E-state index contributed by atoms with van der Waals surface area (Å²) in [5, 5.41) is 0. The van der Waals surface area contributed by atoms with Crippen molar-refractivity contribution in [2.45, 2.75) is 258 Å². The fraction of sp³-hybridized carbons (Fsp3) is 1.00. The highest BCUT2D eigenvalue weighted by molar-refractivity contribution is 7.99. The first kappa shape index (κ1) is 44.4. The highest BCUT2D eigenvalue weighted by Crippen LogP contribution is 2.18. The van der Waals surface area contributed by atoms with Crippen molar-refractivity contribution in [3.63, 3.8) is 0 Å². The van der Waals surface area contributed by atoms with Crippen LogP contribution in [0.2, 0.25) is 0 Å². The predicted molar refractivity (Wildman–Crippen MR) is 209 cm³/mol. The summed E-state index contributed by atoms with van der Waals surface area (Å²) in [7, 11) is 0. The van der Waals surface area contributed by atoms with E-state index in [0.717, 1.165) is 5.92 Å². The predicted octanol–water partition coefficient (Wildman–Crippen LogP) is 16.8. The molecule has 0 saturated carbocycles. The Kier molecular flexibility index (Phi) is 41.7. The molecule has 0 fully saturated rings. The average molecular weight is 637 g/mol. The second kappa shape index (κ2) is 41.4. The van der Waals surface area contributed by atoms with Gasteiger partial charge >= 0.3 is 0 Å². The van der Waals surface area contributed by atoms with Gasteiger partial charge in [-0.05, 0) is 30.3 Å². The van der Waals surface area contributed by atoms with E-state index in [-0.39, 0.29) is 0 Å². The molecule has 266 valence electrons. The molecule has 0 rings (SSSR count). The maximum atomic E-state index is 2.35. The Morgan fingerprint density at radius 1 is 0.273 bits per heavy atom. The minimum Gasteiger partial charge on any atom is -0.162 e. The van der Waals surface area contributed by atoms with Crippen LogP contribution in [-0.2, 0) is 0 Å². The Hall–Kier alpha value is 0.350. The first-order valence-corrected chi connectivity index (χ1v) is 22.5. The summed E-state index contributed by atoms with van der Waals surface area (Å²) in [5.74, 6) is 3.72. The quantitative estimate of drug-likeness (QED) is 0.0603. The van der Waals surface area contributed by atoms with Crippen LogP contribution in [-0.4, -0.2) is 11.5 Å². The van der Waals surface area contributed by atoms with Crippen LogP contribution in [0.5, 0.6) is 0 Å². The molecule has 0 atom stereocenters. The lowest BCUT2D eigenvalue weighted by atomic mass is 10.0. The lowest BCUT2D eigenvalue weighted by molar-refractivity contribution is 0.505. The topological polar surface area (TPSA) is 0 Å². The summed E-state index contributed by atoms with van der Waals surface area (Å²) >= 11 is 2.23.